The Morgan fingerprint density at radius 2 is 1.92 bits per heavy atom. The van der Waals surface area contributed by atoms with Gasteiger partial charge in [-0.1, -0.05) is 32.8 Å². The summed E-state index contributed by atoms with van der Waals surface area (Å²) in [5, 5.41) is 4.38. The van der Waals surface area contributed by atoms with Crippen LogP contribution in [0.3, 0.4) is 0 Å². The van der Waals surface area contributed by atoms with E-state index in [0.29, 0.717) is 0 Å². The molecule has 0 aliphatic heterocycles. The summed E-state index contributed by atoms with van der Waals surface area (Å²) in [6.07, 6.45) is 3.99. The molecule has 1 rings (SSSR count). The lowest BCUT2D eigenvalue weighted by Gasteiger charge is -1.96. The predicted molar refractivity (Wildman–Crippen MR) is 58.4 cm³/mol. The van der Waals surface area contributed by atoms with Crippen LogP contribution in [-0.4, -0.2) is 13.7 Å². The van der Waals surface area contributed by atoms with E-state index in [4.69, 9.17) is 0 Å². The van der Waals surface area contributed by atoms with E-state index in [1.807, 2.05) is 13.2 Å². The third-order valence-electron chi connectivity index (χ3n) is 1.64. The van der Waals surface area contributed by atoms with Crippen molar-refractivity contribution in [3.8, 4) is 0 Å². The zero-order valence-electron chi connectivity index (χ0n) is 7.46. The van der Waals surface area contributed by atoms with Crippen LogP contribution >= 0.6 is 8.58 Å². The van der Waals surface area contributed by atoms with Gasteiger partial charge in [0.1, 0.15) is 0 Å². The molecule has 0 radical (unpaired) electrons. The first-order chi connectivity index (χ1) is 5.86. The van der Waals surface area contributed by atoms with Gasteiger partial charge < -0.3 is 5.32 Å². The standard InChI is InChI=1S/C10H14NP/c1-11-8-7-9-3-5-10(12-2)6-4-9/h3-8,11-12H,1-2H3. The average molecular weight is 179 g/mol. The zero-order valence-corrected chi connectivity index (χ0v) is 8.46. The van der Waals surface area contributed by atoms with E-state index in [2.05, 4.69) is 42.3 Å². The molecular weight excluding hydrogens is 165 g/mol. The number of hydrogen-bond acceptors (Lipinski definition) is 1. The second kappa shape index (κ2) is 4.95. The van der Waals surface area contributed by atoms with Crippen molar-refractivity contribution < 1.29 is 0 Å². The molecule has 0 aliphatic rings. The first-order valence-corrected chi connectivity index (χ1v) is 5.48. The molecular formula is C10H14NP. The largest absolute Gasteiger partial charge is 0.394 e. The third-order valence-corrected chi connectivity index (χ3v) is 2.55. The van der Waals surface area contributed by atoms with Crippen LogP contribution in [-0.2, 0) is 0 Å². The van der Waals surface area contributed by atoms with E-state index in [-0.39, 0.29) is 0 Å². The Bertz CT molecular complexity index is 251. The number of rotatable bonds is 3. The monoisotopic (exact) mass is 179 g/mol. The molecule has 0 aliphatic carbocycles. The molecule has 2 heteroatoms. The van der Waals surface area contributed by atoms with Crippen molar-refractivity contribution in [2.75, 3.05) is 13.7 Å². The molecule has 1 atom stereocenters. The highest BCUT2D eigenvalue weighted by Crippen LogP contribution is 2.06. The Kier molecular flexibility index (Phi) is 3.83. The maximum Gasteiger partial charge on any atom is 0.00277 e. The molecule has 12 heavy (non-hydrogen) atoms. The average Bonchev–Trinajstić information content (AvgIpc) is 2.15. The van der Waals surface area contributed by atoms with E-state index in [1.165, 1.54) is 10.9 Å². The van der Waals surface area contributed by atoms with Crippen LogP contribution < -0.4 is 10.6 Å². The molecule has 1 nitrogen and oxygen atoms in total. The minimum absolute atomic E-state index is 0.889. The quantitative estimate of drug-likeness (QED) is 0.698. The van der Waals surface area contributed by atoms with Gasteiger partial charge in [0.15, 0.2) is 0 Å². The van der Waals surface area contributed by atoms with Crippen LogP contribution in [0.15, 0.2) is 30.5 Å². The Balaban J connectivity index is 2.71. The van der Waals surface area contributed by atoms with Gasteiger partial charge in [-0.3, -0.25) is 0 Å². The van der Waals surface area contributed by atoms with Crippen LogP contribution in [0.25, 0.3) is 6.08 Å². The minimum Gasteiger partial charge on any atom is -0.394 e. The molecule has 0 heterocycles. The third kappa shape index (κ3) is 2.67. The molecule has 0 bridgehead atoms. The molecule has 0 aromatic heterocycles. The van der Waals surface area contributed by atoms with Gasteiger partial charge in [-0.25, -0.2) is 0 Å². The lowest BCUT2D eigenvalue weighted by atomic mass is 10.2. The van der Waals surface area contributed by atoms with Crippen LogP contribution in [0.5, 0.6) is 0 Å². The highest BCUT2D eigenvalue weighted by atomic mass is 31.1. The summed E-state index contributed by atoms with van der Waals surface area (Å²) in [7, 11) is 2.79. The van der Waals surface area contributed by atoms with Gasteiger partial charge in [0.05, 0.1) is 0 Å². The van der Waals surface area contributed by atoms with Crippen LogP contribution in [0.1, 0.15) is 5.56 Å². The molecule has 1 N–H and O–H groups in total. The molecule has 0 saturated carbocycles. The van der Waals surface area contributed by atoms with Gasteiger partial charge in [0.25, 0.3) is 0 Å². The SMILES string of the molecule is CNC=Cc1ccc(PC)cc1. The van der Waals surface area contributed by atoms with Gasteiger partial charge in [0.2, 0.25) is 0 Å². The minimum atomic E-state index is 0.889. The lowest BCUT2D eigenvalue weighted by molar-refractivity contribution is 1.11. The van der Waals surface area contributed by atoms with Crippen molar-refractivity contribution in [2.45, 2.75) is 0 Å². The molecule has 0 amide bonds. The molecule has 1 aromatic rings. The number of nitrogens with one attached hydrogen (secondary N) is 1. The van der Waals surface area contributed by atoms with Crippen molar-refractivity contribution in [1.82, 2.24) is 5.32 Å². The first-order valence-electron chi connectivity index (χ1n) is 3.98. The fourth-order valence-electron chi connectivity index (χ4n) is 0.940. The van der Waals surface area contributed by atoms with Crippen molar-refractivity contribution in [2.24, 2.45) is 0 Å². The molecule has 0 saturated heterocycles. The summed E-state index contributed by atoms with van der Waals surface area (Å²) in [4.78, 5) is 0. The Hall–Kier alpha value is -0.810. The normalized spacial score (nSPS) is 11.5. The topological polar surface area (TPSA) is 12.0 Å². The molecule has 0 fully saturated rings. The van der Waals surface area contributed by atoms with E-state index in [9.17, 15) is 0 Å². The number of benzene rings is 1. The summed E-state index contributed by atoms with van der Waals surface area (Å²) >= 11 is 0. The van der Waals surface area contributed by atoms with Crippen molar-refractivity contribution in [3.05, 3.63) is 36.0 Å². The fourth-order valence-corrected chi connectivity index (χ4v) is 1.44. The van der Waals surface area contributed by atoms with E-state index in [0.717, 1.165) is 8.58 Å². The second-order valence-electron chi connectivity index (χ2n) is 2.49. The highest BCUT2D eigenvalue weighted by molar-refractivity contribution is 7.46. The maximum atomic E-state index is 2.97. The maximum absolute atomic E-state index is 2.97. The van der Waals surface area contributed by atoms with Crippen LogP contribution in [0.4, 0.5) is 0 Å². The predicted octanol–water partition coefficient (Wildman–Crippen LogP) is 1.81. The molecule has 1 aromatic carbocycles. The Morgan fingerprint density at radius 1 is 1.25 bits per heavy atom. The van der Waals surface area contributed by atoms with Gasteiger partial charge in [-0.05, 0) is 29.8 Å². The van der Waals surface area contributed by atoms with E-state index >= 15 is 0 Å². The van der Waals surface area contributed by atoms with Crippen LogP contribution in [0, 0.1) is 0 Å². The molecule has 1 unspecified atom stereocenters. The van der Waals surface area contributed by atoms with Gasteiger partial charge >= 0.3 is 0 Å². The highest BCUT2D eigenvalue weighted by Gasteiger charge is 1.87. The van der Waals surface area contributed by atoms with Crippen molar-refractivity contribution in [1.29, 1.82) is 0 Å². The van der Waals surface area contributed by atoms with Gasteiger partial charge in [-0.15, -0.1) is 0 Å². The fraction of sp³-hybridized carbons (Fsp3) is 0.200. The lowest BCUT2D eigenvalue weighted by Crippen LogP contribution is -1.93. The molecule has 0 spiro atoms. The summed E-state index contributed by atoms with van der Waals surface area (Å²) in [5.41, 5.74) is 1.24. The van der Waals surface area contributed by atoms with Crippen molar-refractivity contribution in [3.63, 3.8) is 0 Å². The van der Waals surface area contributed by atoms with E-state index in [1.54, 1.807) is 0 Å². The van der Waals surface area contributed by atoms with Crippen molar-refractivity contribution >= 4 is 20.0 Å². The Labute approximate surface area is 75.7 Å². The first kappa shape index (κ1) is 9.28. The summed E-state index contributed by atoms with van der Waals surface area (Å²) < 4.78 is 0. The van der Waals surface area contributed by atoms with Crippen LogP contribution in [0.2, 0.25) is 0 Å². The van der Waals surface area contributed by atoms with Gasteiger partial charge in [0, 0.05) is 7.05 Å². The second-order valence-corrected chi connectivity index (χ2v) is 3.57. The summed E-state index contributed by atoms with van der Waals surface area (Å²) in [6, 6.07) is 8.63. The molecule has 64 valence electrons. The summed E-state index contributed by atoms with van der Waals surface area (Å²) in [6.45, 7) is 2.19. The Morgan fingerprint density at radius 3 is 2.42 bits per heavy atom. The zero-order chi connectivity index (χ0) is 8.81. The smallest absolute Gasteiger partial charge is 0.00277 e. The number of hydrogen-bond donors (Lipinski definition) is 1. The van der Waals surface area contributed by atoms with E-state index < -0.39 is 0 Å². The summed E-state index contributed by atoms with van der Waals surface area (Å²) in [5.74, 6) is 0. The van der Waals surface area contributed by atoms with Gasteiger partial charge in [-0.2, -0.15) is 0 Å².